The molecule has 0 bridgehead atoms. The summed E-state index contributed by atoms with van der Waals surface area (Å²) in [4.78, 5) is 4.73. The van der Waals surface area contributed by atoms with Crippen LogP contribution in [0.2, 0.25) is 5.02 Å². The van der Waals surface area contributed by atoms with E-state index in [1.807, 2.05) is 19.1 Å². The summed E-state index contributed by atoms with van der Waals surface area (Å²) >= 11 is 6.08. The lowest BCUT2D eigenvalue weighted by Gasteiger charge is -2.06. The molecule has 0 unspecified atom stereocenters. The summed E-state index contributed by atoms with van der Waals surface area (Å²) < 4.78 is 0. The zero-order valence-electron chi connectivity index (χ0n) is 13.4. The Bertz CT molecular complexity index is 699. The quantitative estimate of drug-likeness (QED) is 0.612. The summed E-state index contributed by atoms with van der Waals surface area (Å²) in [5.41, 5.74) is 5.70. The van der Waals surface area contributed by atoms with Crippen molar-refractivity contribution < 1.29 is 0 Å². The first-order valence-electron chi connectivity index (χ1n) is 7.66. The van der Waals surface area contributed by atoms with Crippen molar-refractivity contribution >= 4 is 23.4 Å². The second kappa shape index (κ2) is 7.95. The van der Waals surface area contributed by atoms with Crippen molar-refractivity contribution in [1.82, 2.24) is 0 Å². The predicted octanol–water partition coefficient (Wildman–Crippen LogP) is 5.87. The smallest absolute Gasteiger partial charge is 0.0649 e. The Morgan fingerprint density at radius 3 is 2.55 bits per heavy atom. The summed E-state index contributed by atoms with van der Waals surface area (Å²) in [5, 5.41) is 0.802. The Kier molecular flexibility index (Phi) is 5.97. The van der Waals surface area contributed by atoms with Gasteiger partial charge in [-0.25, -0.2) is 0 Å². The molecule has 2 heteroatoms. The number of allylic oxidation sites excluding steroid dienone is 1. The van der Waals surface area contributed by atoms with Crippen LogP contribution in [0.1, 0.15) is 35.6 Å². The Balaban J connectivity index is 2.33. The van der Waals surface area contributed by atoms with Crippen LogP contribution in [0.15, 0.2) is 53.5 Å². The number of hydrogen-bond donors (Lipinski definition) is 0. The van der Waals surface area contributed by atoms with Gasteiger partial charge >= 0.3 is 0 Å². The lowest BCUT2D eigenvalue weighted by atomic mass is 10.0. The SMILES string of the molecule is CCCN=C(/C=C/c1ccc(Cl)c(C)c1)c1ccccc1C. The predicted molar refractivity (Wildman–Crippen MR) is 98.1 cm³/mol. The average molecular weight is 312 g/mol. The lowest BCUT2D eigenvalue weighted by Crippen LogP contribution is -2.01. The summed E-state index contributed by atoms with van der Waals surface area (Å²) in [7, 11) is 0. The van der Waals surface area contributed by atoms with Crippen LogP contribution in [0.4, 0.5) is 0 Å². The molecule has 0 saturated carbocycles. The molecule has 22 heavy (non-hydrogen) atoms. The van der Waals surface area contributed by atoms with E-state index in [9.17, 15) is 0 Å². The monoisotopic (exact) mass is 311 g/mol. The van der Waals surface area contributed by atoms with E-state index in [0.717, 1.165) is 34.8 Å². The molecule has 114 valence electrons. The van der Waals surface area contributed by atoms with Crippen molar-refractivity contribution in [3.63, 3.8) is 0 Å². The first kappa shape index (κ1) is 16.5. The Morgan fingerprint density at radius 2 is 1.86 bits per heavy atom. The van der Waals surface area contributed by atoms with Gasteiger partial charge in [0.05, 0.1) is 5.71 Å². The highest BCUT2D eigenvalue weighted by Crippen LogP contribution is 2.18. The zero-order valence-corrected chi connectivity index (χ0v) is 14.2. The highest BCUT2D eigenvalue weighted by molar-refractivity contribution is 6.31. The van der Waals surface area contributed by atoms with Crippen molar-refractivity contribution in [2.75, 3.05) is 6.54 Å². The van der Waals surface area contributed by atoms with Crippen LogP contribution in [0.25, 0.3) is 6.08 Å². The molecule has 2 rings (SSSR count). The Morgan fingerprint density at radius 1 is 1.09 bits per heavy atom. The number of hydrogen-bond acceptors (Lipinski definition) is 1. The van der Waals surface area contributed by atoms with Crippen LogP contribution < -0.4 is 0 Å². The second-order valence-electron chi connectivity index (χ2n) is 5.42. The Hall–Kier alpha value is -1.86. The number of aliphatic imine (C=N–C) groups is 1. The normalized spacial score (nSPS) is 12.1. The van der Waals surface area contributed by atoms with Crippen molar-refractivity contribution in [2.45, 2.75) is 27.2 Å². The summed E-state index contributed by atoms with van der Waals surface area (Å²) in [6, 6.07) is 14.4. The second-order valence-corrected chi connectivity index (χ2v) is 5.83. The van der Waals surface area contributed by atoms with Gasteiger partial charge in [0.1, 0.15) is 0 Å². The molecule has 0 fully saturated rings. The molecule has 0 aromatic heterocycles. The molecule has 0 radical (unpaired) electrons. The minimum Gasteiger partial charge on any atom is -0.285 e. The van der Waals surface area contributed by atoms with Crippen LogP contribution in [0.3, 0.4) is 0 Å². The van der Waals surface area contributed by atoms with Crippen molar-refractivity contribution in [3.8, 4) is 0 Å². The number of nitrogens with zero attached hydrogens (tertiary/aromatic N) is 1. The van der Waals surface area contributed by atoms with Gasteiger partial charge in [0.25, 0.3) is 0 Å². The van der Waals surface area contributed by atoms with Gasteiger partial charge < -0.3 is 0 Å². The molecule has 0 N–H and O–H groups in total. The number of halogens is 1. The van der Waals surface area contributed by atoms with Gasteiger partial charge in [-0.1, -0.05) is 61.0 Å². The van der Waals surface area contributed by atoms with Crippen molar-refractivity contribution in [2.24, 2.45) is 4.99 Å². The van der Waals surface area contributed by atoms with Gasteiger partial charge in [0.15, 0.2) is 0 Å². The first-order valence-corrected chi connectivity index (χ1v) is 8.04. The van der Waals surface area contributed by atoms with E-state index in [4.69, 9.17) is 16.6 Å². The molecule has 2 aromatic rings. The zero-order chi connectivity index (χ0) is 15.9. The third-order valence-electron chi connectivity index (χ3n) is 3.54. The largest absolute Gasteiger partial charge is 0.285 e. The molecule has 0 heterocycles. The van der Waals surface area contributed by atoms with E-state index in [2.05, 4.69) is 56.3 Å². The van der Waals surface area contributed by atoms with Gasteiger partial charge in [-0.15, -0.1) is 0 Å². The van der Waals surface area contributed by atoms with Crippen LogP contribution in [0, 0.1) is 13.8 Å². The highest BCUT2D eigenvalue weighted by Gasteiger charge is 2.03. The maximum Gasteiger partial charge on any atom is 0.0649 e. The fourth-order valence-corrected chi connectivity index (χ4v) is 2.38. The molecule has 0 aliphatic carbocycles. The highest BCUT2D eigenvalue weighted by atomic mass is 35.5. The van der Waals surface area contributed by atoms with Crippen LogP contribution in [-0.2, 0) is 0 Å². The van der Waals surface area contributed by atoms with E-state index in [0.29, 0.717) is 0 Å². The van der Waals surface area contributed by atoms with E-state index in [1.165, 1.54) is 11.1 Å². The molecule has 0 aliphatic rings. The topological polar surface area (TPSA) is 12.4 Å². The van der Waals surface area contributed by atoms with E-state index in [1.54, 1.807) is 0 Å². The van der Waals surface area contributed by atoms with E-state index < -0.39 is 0 Å². The number of benzene rings is 2. The first-order chi connectivity index (χ1) is 10.6. The molecule has 0 amide bonds. The molecule has 0 atom stereocenters. The molecular formula is C20H22ClN. The molecular weight excluding hydrogens is 290 g/mol. The summed E-state index contributed by atoms with van der Waals surface area (Å²) in [6.45, 7) is 7.13. The fraction of sp³-hybridized carbons (Fsp3) is 0.250. The molecule has 2 aromatic carbocycles. The fourth-order valence-electron chi connectivity index (χ4n) is 2.27. The summed E-state index contributed by atoms with van der Waals surface area (Å²) in [6.07, 6.45) is 5.24. The van der Waals surface area contributed by atoms with Gasteiger partial charge in [-0.2, -0.15) is 0 Å². The van der Waals surface area contributed by atoms with Crippen LogP contribution >= 0.6 is 11.6 Å². The minimum absolute atomic E-state index is 0.802. The van der Waals surface area contributed by atoms with Gasteiger partial charge in [-0.05, 0) is 49.1 Å². The van der Waals surface area contributed by atoms with Gasteiger partial charge in [0.2, 0.25) is 0 Å². The molecule has 1 nitrogen and oxygen atoms in total. The van der Waals surface area contributed by atoms with Crippen LogP contribution in [0.5, 0.6) is 0 Å². The lowest BCUT2D eigenvalue weighted by molar-refractivity contribution is 0.933. The van der Waals surface area contributed by atoms with Crippen LogP contribution in [-0.4, -0.2) is 12.3 Å². The van der Waals surface area contributed by atoms with Gasteiger partial charge in [0, 0.05) is 17.1 Å². The Labute approximate surface area is 138 Å². The van der Waals surface area contributed by atoms with Crippen molar-refractivity contribution in [1.29, 1.82) is 0 Å². The maximum absolute atomic E-state index is 6.08. The van der Waals surface area contributed by atoms with E-state index >= 15 is 0 Å². The molecule has 0 aliphatic heterocycles. The summed E-state index contributed by atoms with van der Waals surface area (Å²) in [5.74, 6) is 0. The van der Waals surface area contributed by atoms with Crippen molar-refractivity contribution in [3.05, 3.63) is 75.8 Å². The number of aryl methyl sites for hydroxylation is 2. The minimum atomic E-state index is 0.802. The standard InChI is InChI=1S/C20H22ClN/c1-4-13-22-20(18-8-6-5-7-15(18)2)12-10-17-9-11-19(21)16(3)14-17/h5-12,14H,4,13H2,1-3H3/b12-10+,22-20?. The van der Waals surface area contributed by atoms with Gasteiger partial charge in [-0.3, -0.25) is 4.99 Å². The average Bonchev–Trinajstić information content (AvgIpc) is 2.52. The third kappa shape index (κ3) is 4.32. The van der Waals surface area contributed by atoms with E-state index in [-0.39, 0.29) is 0 Å². The molecule has 0 spiro atoms. The third-order valence-corrected chi connectivity index (χ3v) is 3.97. The number of rotatable bonds is 5. The maximum atomic E-state index is 6.08. The molecule has 0 saturated heterocycles.